The van der Waals surface area contributed by atoms with Gasteiger partial charge in [-0.25, -0.2) is 0 Å². The number of nitrogens with zero attached hydrogens (tertiary/aromatic N) is 2. The van der Waals surface area contributed by atoms with Crippen LogP contribution in [0.3, 0.4) is 0 Å². The van der Waals surface area contributed by atoms with Crippen molar-refractivity contribution in [3.63, 3.8) is 0 Å². The Morgan fingerprint density at radius 2 is 1.75 bits per heavy atom. The second-order valence-corrected chi connectivity index (χ2v) is 6.77. The summed E-state index contributed by atoms with van der Waals surface area (Å²) in [6.45, 7) is 6.26. The van der Waals surface area contributed by atoms with Gasteiger partial charge in [0.2, 0.25) is 0 Å². The second kappa shape index (κ2) is 5.45. The van der Waals surface area contributed by atoms with Crippen molar-refractivity contribution in [3.8, 4) is 5.75 Å². The van der Waals surface area contributed by atoms with Crippen molar-refractivity contribution in [3.05, 3.63) is 71.9 Å². The van der Waals surface area contributed by atoms with E-state index in [1.165, 1.54) is 0 Å². The fourth-order valence-corrected chi connectivity index (χ4v) is 2.97. The van der Waals surface area contributed by atoms with Gasteiger partial charge in [-0.1, -0.05) is 30.3 Å². The summed E-state index contributed by atoms with van der Waals surface area (Å²) in [6, 6.07) is 18.4. The highest BCUT2D eigenvalue weighted by molar-refractivity contribution is 6.15. The maximum atomic E-state index is 6.26. The lowest BCUT2D eigenvalue weighted by molar-refractivity contribution is 0.0891. The van der Waals surface area contributed by atoms with Crippen molar-refractivity contribution < 1.29 is 4.74 Å². The number of para-hydroxylation sites is 2. The fourth-order valence-electron chi connectivity index (χ4n) is 2.97. The first-order chi connectivity index (χ1) is 11.5. The van der Waals surface area contributed by atoms with Crippen LogP contribution in [0, 0.1) is 0 Å². The van der Waals surface area contributed by atoms with Gasteiger partial charge in [0.1, 0.15) is 11.4 Å². The van der Waals surface area contributed by atoms with Gasteiger partial charge in [0.25, 0.3) is 0 Å². The highest BCUT2D eigenvalue weighted by atomic mass is 16.5. The van der Waals surface area contributed by atoms with Gasteiger partial charge < -0.3 is 4.74 Å². The third kappa shape index (κ3) is 2.46. The van der Waals surface area contributed by atoms with E-state index in [0.29, 0.717) is 0 Å². The van der Waals surface area contributed by atoms with Crippen LogP contribution in [0.15, 0.2) is 65.8 Å². The maximum Gasteiger partial charge on any atom is 0.129 e. The summed E-state index contributed by atoms with van der Waals surface area (Å²) < 4.78 is 6.26. The number of benzene rings is 2. The van der Waals surface area contributed by atoms with Gasteiger partial charge in [-0.2, -0.15) is 0 Å². The lowest BCUT2D eigenvalue weighted by atomic mass is 10.00. The Bertz CT molecular complexity index is 943. The average molecular weight is 316 g/mol. The summed E-state index contributed by atoms with van der Waals surface area (Å²) in [5, 5.41) is 1.12. The van der Waals surface area contributed by atoms with Crippen LogP contribution in [-0.4, -0.2) is 22.3 Å². The molecule has 0 fully saturated rings. The molecule has 0 saturated heterocycles. The first-order valence-electron chi connectivity index (χ1n) is 8.26. The second-order valence-electron chi connectivity index (χ2n) is 6.77. The highest BCUT2D eigenvalue weighted by Crippen LogP contribution is 2.32. The summed E-state index contributed by atoms with van der Waals surface area (Å²) >= 11 is 0. The van der Waals surface area contributed by atoms with E-state index in [1.807, 2.05) is 42.6 Å². The van der Waals surface area contributed by atoms with E-state index in [0.717, 1.165) is 33.5 Å². The minimum Gasteiger partial charge on any atom is -0.485 e. The van der Waals surface area contributed by atoms with Crippen LogP contribution in [0.25, 0.3) is 10.9 Å². The summed E-state index contributed by atoms with van der Waals surface area (Å²) in [4.78, 5) is 9.60. The summed E-state index contributed by atoms with van der Waals surface area (Å²) in [7, 11) is 0. The van der Waals surface area contributed by atoms with Crippen LogP contribution in [0.5, 0.6) is 5.75 Å². The van der Waals surface area contributed by atoms with E-state index in [4.69, 9.17) is 9.73 Å². The van der Waals surface area contributed by atoms with Crippen LogP contribution in [0.2, 0.25) is 0 Å². The van der Waals surface area contributed by atoms with Crippen molar-refractivity contribution in [2.45, 2.75) is 32.4 Å². The zero-order valence-electron chi connectivity index (χ0n) is 14.2. The lowest BCUT2D eigenvalue weighted by Crippen LogP contribution is -2.38. The van der Waals surface area contributed by atoms with Gasteiger partial charge in [-0.05, 0) is 45.0 Å². The highest BCUT2D eigenvalue weighted by Gasteiger charge is 2.32. The van der Waals surface area contributed by atoms with Gasteiger partial charge in [0.05, 0.1) is 17.3 Å². The van der Waals surface area contributed by atoms with Gasteiger partial charge in [-0.15, -0.1) is 0 Å². The zero-order chi connectivity index (χ0) is 16.7. The topological polar surface area (TPSA) is 34.5 Å². The van der Waals surface area contributed by atoms with Crippen LogP contribution in [-0.2, 0) is 0 Å². The Morgan fingerprint density at radius 1 is 1.00 bits per heavy atom. The molecule has 0 amide bonds. The molecule has 3 nitrogen and oxygen atoms in total. The Labute approximate surface area is 142 Å². The SMILES string of the molecule is CC1N=C(c2cnc3ccccc3c2)c2ccccc2OC1(C)C. The molecule has 0 radical (unpaired) electrons. The lowest BCUT2D eigenvalue weighted by Gasteiger charge is -2.28. The molecule has 0 aliphatic carbocycles. The summed E-state index contributed by atoms with van der Waals surface area (Å²) in [6.07, 6.45) is 1.91. The van der Waals surface area contributed by atoms with E-state index >= 15 is 0 Å². The van der Waals surface area contributed by atoms with Crippen molar-refractivity contribution in [2.75, 3.05) is 0 Å². The van der Waals surface area contributed by atoms with Crippen LogP contribution in [0.1, 0.15) is 31.9 Å². The minimum absolute atomic E-state index is 0.0337. The smallest absolute Gasteiger partial charge is 0.129 e. The number of rotatable bonds is 1. The first-order valence-corrected chi connectivity index (χ1v) is 8.26. The Morgan fingerprint density at radius 3 is 2.62 bits per heavy atom. The Hall–Kier alpha value is -2.68. The molecule has 1 aliphatic rings. The number of hydrogen-bond donors (Lipinski definition) is 0. The predicted molar refractivity (Wildman–Crippen MR) is 98.0 cm³/mol. The van der Waals surface area contributed by atoms with E-state index in [9.17, 15) is 0 Å². The van der Waals surface area contributed by atoms with E-state index in [-0.39, 0.29) is 11.6 Å². The van der Waals surface area contributed by atoms with Crippen LogP contribution >= 0.6 is 0 Å². The monoisotopic (exact) mass is 316 g/mol. The number of ether oxygens (including phenoxy) is 1. The van der Waals surface area contributed by atoms with Gasteiger partial charge >= 0.3 is 0 Å². The van der Waals surface area contributed by atoms with Gasteiger partial charge in [-0.3, -0.25) is 9.98 Å². The molecule has 1 aromatic heterocycles. The molecule has 1 atom stereocenters. The number of hydrogen-bond acceptors (Lipinski definition) is 3. The molecule has 0 saturated carbocycles. The largest absolute Gasteiger partial charge is 0.485 e. The van der Waals surface area contributed by atoms with E-state index in [2.05, 4.69) is 44.0 Å². The van der Waals surface area contributed by atoms with Crippen LogP contribution in [0.4, 0.5) is 0 Å². The van der Waals surface area contributed by atoms with Crippen molar-refractivity contribution in [2.24, 2.45) is 4.99 Å². The molecule has 0 spiro atoms. The average Bonchev–Trinajstić information content (AvgIpc) is 2.69. The fraction of sp³-hybridized carbons (Fsp3) is 0.238. The Kier molecular flexibility index (Phi) is 3.38. The normalized spacial score (nSPS) is 19.1. The third-order valence-electron chi connectivity index (χ3n) is 4.71. The predicted octanol–water partition coefficient (Wildman–Crippen LogP) is 4.63. The number of aliphatic imine (C=N–C) groups is 1. The zero-order valence-corrected chi connectivity index (χ0v) is 14.2. The van der Waals surface area contributed by atoms with Gasteiger partial charge in [0, 0.05) is 22.7 Å². The maximum absolute atomic E-state index is 6.26. The summed E-state index contributed by atoms with van der Waals surface area (Å²) in [5.41, 5.74) is 3.62. The molecular formula is C21H20N2O. The molecule has 0 bridgehead atoms. The Balaban J connectivity index is 1.94. The molecule has 1 unspecified atom stereocenters. The molecule has 3 heteroatoms. The molecule has 24 heavy (non-hydrogen) atoms. The van der Waals surface area contributed by atoms with Crippen molar-refractivity contribution in [1.29, 1.82) is 0 Å². The first kappa shape index (κ1) is 14.9. The molecule has 120 valence electrons. The molecule has 2 heterocycles. The molecule has 1 aliphatic heterocycles. The van der Waals surface area contributed by atoms with E-state index < -0.39 is 0 Å². The van der Waals surface area contributed by atoms with Crippen LogP contribution < -0.4 is 4.74 Å². The third-order valence-corrected chi connectivity index (χ3v) is 4.71. The minimum atomic E-state index is -0.359. The standard InChI is InChI=1S/C21H20N2O/c1-14-21(2,3)24-19-11-7-5-9-17(19)20(23-14)16-12-15-8-4-6-10-18(15)22-13-16/h4-14H,1-3H3. The molecule has 4 rings (SSSR count). The molecule has 2 aromatic carbocycles. The number of aromatic nitrogens is 1. The quantitative estimate of drug-likeness (QED) is 0.656. The number of fused-ring (bicyclic) bond motifs is 2. The van der Waals surface area contributed by atoms with Crippen molar-refractivity contribution in [1.82, 2.24) is 4.98 Å². The molecular weight excluding hydrogens is 296 g/mol. The van der Waals surface area contributed by atoms with E-state index in [1.54, 1.807) is 0 Å². The molecule has 3 aromatic rings. The molecule has 0 N–H and O–H groups in total. The van der Waals surface area contributed by atoms with Gasteiger partial charge in [0.15, 0.2) is 0 Å². The summed E-state index contributed by atoms with van der Waals surface area (Å²) in [5.74, 6) is 0.874. The number of pyridine rings is 1. The van der Waals surface area contributed by atoms with Crippen molar-refractivity contribution >= 4 is 16.6 Å².